The summed E-state index contributed by atoms with van der Waals surface area (Å²) in [5, 5.41) is 0. The van der Waals surface area contributed by atoms with E-state index in [1.54, 1.807) is 5.56 Å². The third kappa shape index (κ3) is 5.66. The minimum atomic E-state index is 0.780. The van der Waals surface area contributed by atoms with E-state index in [1.165, 1.54) is 49.7 Å². The van der Waals surface area contributed by atoms with E-state index in [2.05, 4.69) is 75.4 Å². The van der Waals surface area contributed by atoms with Gasteiger partial charge in [0.2, 0.25) is 0 Å². The molecule has 0 radical (unpaired) electrons. The van der Waals surface area contributed by atoms with Crippen LogP contribution in [0.15, 0.2) is 30.5 Å². The maximum atomic E-state index is 2.37. The van der Waals surface area contributed by atoms with Crippen LogP contribution in [0.3, 0.4) is 0 Å². The molecule has 0 unspecified atom stereocenters. The van der Waals surface area contributed by atoms with Gasteiger partial charge in [0.15, 0.2) is 0 Å². The van der Waals surface area contributed by atoms with Gasteiger partial charge in [0.1, 0.15) is 0 Å². The average molecular weight is 329 g/mol. The molecule has 0 N–H and O–H groups in total. The lowest BCUT2D eigenvalue weighted by Gasteiger charge is -2.28. The van der Waals surface area contributed by atoms with Crippen molar-refractivity contribution in [2.75, 3.05) is 34.7 Å². The molecule has 1 aliphatic carbocycles. The van der Waals surface area contributed by atoms with E-state index >= 15 is 0 Å². The van der Waals surface area contributed by atoms with Crippen molar-refractivity contribution in [2.45, 2.75) is 51.4 Å². The molecule has 2 nitrogen and oxygen atoms in total. The SMILES string of the molecule is CCCC1CCC(c2ccc(C(=CN(C)C)CN(C)C)cc2)CC1. The molecule has 1 aliphatic rings. The highest BCUT2D eigenvalue weighted by Crippen LogP contribution is 2.37. The minimum absolute atomic E-state index is 0.780. The second-order valence-corrected chi connectivity index (χ2v) is 7.98. The van der Waals surface area contributed by atoms with E-state index in [0.717, 1.165) is 18.4 Å². The molecule has 24 heavy (non-hydrogen) atoms. The number of hydrogen-bond donors (Lipinski definition) is 0. The van der Waals surface area contributed by atoms with Gasteiger partial charge < -0.3 is 9.80 Å². The van der Waals surface area contributed by atoms with E-state index < -0.39 is 0 Å². The number of nitrogens with zero attached hydrogens (tertiary/aromatic N) is 2. The Kier molecular flexibility index (Phi) is 7.36. The Morgan fingerprint density at radius 2 is 1.62 bits per heavy atom. The van der Waals surface area contributed by atoms with Gasteiger partial charge in [-0.05, 0) is 68.3 Å². The van der Waals surface area contributed by atoms with Crippen molar-refractivity contribution in [3.05, 3.63) is 41.6 Å². The van der Waals surface area contributed by atoms with Crippen LogP contribution in [0, 0.1) is 5.92 Å². The van der Waals surface area contributed by atoms with Crippen molar-refractivity contribution in [3.8, 4) is 0 Å². The number of rotatable bonds is 7. The quantitative estimate of drug-likeness (QED) is 0.676. The van der Waals surface area contributed by atoms with Crippen molar-refractivity contribution in [3.63, 3.8) is 0 Å². The van der Waals surface area contributed by atoms with E-state index in [0.29, 0.717) is 0 Å². The van der Waals surface area contributed by atoms with Gasteiger partial charge in [0.05, 0.1) is 0 Å². The van der Waals surface area contributed by atoms with Gasteiger partial charge in [0, 0.05) is 26.8 Å². The van der Waals surface area contributed by atoms with Crippen LogP contribution in [0.1, 0.15) is 62.5 Å². The Bertz CT molecular complexity index is 505. The molecular weight excluding hydrogens is 292 g/mol. The molecule has 2 rings (SSSR count). The molecule has 0 atom stereocenters. The van der Waals surface area contributed by atoms with Crippen molar-refractivity contribution >= 4 is 5.57 Å². The topological polar surface area (TPSA) is 6.48 Å². The molecule has 0 aliphatic heterocycles. The zero-order valence-electron chi connectivity index (χ0n) is 16.4. The summed E-state index contributed by atoms with van der Waals surface area (Å²) in [6, 6.07) is 9.40. The number of likely N-dealkylation sites (N-methyl/N-ethyl adjacent to an activating group) is 1. The second kappa shape index (κ2) is 9.27. The standard InChI is InChI=1S/C22H36N2/c1-6-7-18-8-10-19(11-9-18)20-12-14-21(15-13-20)22(16-23(2)3)17-24(4)5/h12-16,18-19H,6-11,17H2,1-5H3. The summed E-state index contributed by atoms with van der Waals surface area (Å²) < 4.78 is 0. The predicted molar refractivity (Wildman–Crippen MR) is 106 cm³/mol. The highest BCUT2D eigenvalue weighted by molar-refractivity contribution is 5.66. The molecule has 0 aromatic heterocycles. The van der Waals surface area contributed by atoms with Crippen LogP contribution in [0.2, 0.25) is 0 Å². The summed E-state index contributed by atoms with van der Waals surface area (Å²) in [4.78, 5) is 4.38. The Morgan fingerprint density at radius 3 is 2.12 bits per heavy atom. The van der Waals surface area contributed by atoms with E-state index in [9.17, 15) is 0 Å². The first-order valence-corrected chi connectivity index (χ1v) is 9.61. The van der Waals surface area contributed by atoms with Gasteiger partial charge >= 0.3 is 0 Å². The molecule has 1 aromatic rings. The summed E-state index contributed by atoms with van der Waals surface area (Å²) >= 11 is 0. The third-order valence-corrected chi connectivity index (χ3v) is 5.20. The monoisotopic (exact) mass is 328 g/mol. The number of benzene rings is 1. The first kappa shape index (κ1) is 19.1. The molecule has 0 saturated heterocycles. The fourth-order valence-electron chi connectivity index (χ4n) is 4.02. The summed E-state index contributed by atoms with van der Waals surface area (Å²) in [5.74, 6) is 1.77. The smallest absolute Gasteiger partial charge is 0.0247 e. The lowest BCUT2D eigenvalue weighted by Crippen LogP contribution is -2.16. The Morgan fingerprint density at radius 1 is 1.00 bits per heavy atom. The van der Waals surface area contributed by atoms with Crippen LogP contribution in [0.4, 0.5) is 0 Å². The second-order valence-electron chi connectivity index (χ2n) is 7.98. The van der Waals surface area contributed by atoms with Gasteiger partial charge in [-0.2, -0.15) is 0 Å². The predicted octanol–water partition coefficient (Wildman–Crippen LogP) is 5.22. The van der Waals surface area contributed by atoms with Gasteiger partial charge in [-0.3, -0.25) is 0 Å². The molecule has 1 saturated carbocycles. The van der Waals surface area contributed by atoms with E-state index in [4.69, 9.17) is 0 Å². The Hall–Kier alpha value is -1.28. The van der Waals surface area contributed by atoms with Crippen LogP contribution >= 0.6 is 0 Å². The fourth-order valence-corrected chi connectivity index (χ4v) is 4.02. The zero-order valence-corrected chi connectivity index (χ0v) is 16.4. The van der Waals surface area contributed by atoms with Crippen LogP contribution in [0.25, 0.3) is 5.57 Å². The maximum absolute atomic E-state index is 2.37. The van der Waals surface area contributed by atoms with Crippen LogP contribution in [-0.2, 0) is 0 Å². The van der Waals surface area contributed by atoms with Crippen LogP contribution < -0.4 is 0 Å². The summed E-state index contributed by atoms with van der Waals surface area (Å²) in [6.07, 6.45) is 10.6. The molecule has 0 spiro atoms. The zero-order chi connectivity index (χ0) is 17.5. The average Bonchev–Trinajstić information content (AvgIpc) is 2.55. The normalized spacial score (nSPS) is 22.0. The van der Waals surface area contributed by atoms with E-state index in [-0.39, 0.29) is 0 Å². The van der Waals surface area contributed by atoms with Gasteiger partial charge in [-0.1, -0.05) is 44.0 Å². The molecule has 134 valence electrons. The maximum Gasteiger partial charge on any atom is 0.0247 e. The molecule has 1 aromatic carbocycles. The molecule has 0 amide bonds. The highest BCUT2D eigenvalue weighted by atomic mass is 15.1. The largest absolute Gasteiger partial charge is 0.383 e. The van der Waals surface area contributed by atoms with Crippen molar-refractivity contribution in [2.24, 2.45) is 5.92 Å². The summed E-state index contributed by atoms with van der Waals surface area (Å²) in [6.45, 7) is 3.29. The van der Waals surface area contributed by atoms with Crippen molar-refractivity contribution in [1.82, 2.24) is 9.80 Å². The first-order chi connectivity index (χ1) is 11.5. The molecular formula is C22H36N2. The van der Waals surface area contributed by atoms with Gasteiger partial charge in [-0.15, -0.1) is 0 Å². The Balaban J connectivity index is 2.04. The lowest BCUT2D eigenvalue weighted by atomic mass is 9.77. The van der Waals surface area contributed by atoms with Crippen molar-refractivity contribution < 1.29 is 0 Å². The molecule has 0 bridgehead atoms. The Labute approximate surface area is 149 Å². The lowest BCUT2D eigenvalue weighted by molar-refractivity contribution is 0.308. The molecule has 0 heterocycles. The van der Waals surface area contributed by atoms with E-state index in [1.807, 2.05) is 0 Å². The van der Waals surface area contributed by atoms with Crippen LogP contribution in [-0.4, -0.2) is 44.5 Å². The van der Waals surface area contributed by atoms with Crippen molar-refractivity contribution in [1.29, 1.82) is 0 Å². The minimum Gasteiger partial charge on any atom is -0.383 e. The van der Waals surface area contributed by atoms with Crippen LogP contribution in [0.5, 0.6) is 0 Å². The molecule has 1 fully saturated rings. The fraction of sp³-hybridized carbons (Fsp3) is 0.636. The van der Waals surface area contributed by atoms with Gasteiger partial charge in [-0.25, -0.2) is 0 Å². The third-order valence-electron chi connectivity index (χ3n) is 5.20. The highest BCUT2D eigenvalue weighted by Gasteiger charge is 2.21. The number of hydrogen-bond acceptors (Lipinski definition) is 2. The summed E-state index contributed by atoms with van der Waals surface area (Å²) in [7, 11) is 8.46. The summed E-state index contributed by atoms with van der Waals surface area (Å²) in [5.41, 5.74) is 4.27. The molecule has 2 heteroatoms. The first-order valence-electron chi connectivity index (χ1n) is 9.61. The van der Waals surface area contributed by atoms with Gasteiger partial charge in [0.25, 0.3) is 0 Å².